The zero-order chi connectivity index (χ0) is 21.8. The molecule has 1 atom stereocenters. The molecule has 1 aliphatic rings. The number of hydrogen-bond donors (Lipinski definition) is 0. The second kappa shape index (κ2) is 9.86. The van der Waals surface area contributed by atoms with Crippen LogP contribution in [0.3, 0.4) is 0 Å². The fraction of sp³-hybridized carbons (Fsp3) is 0.261. The third-order valence-corrected chi connectivity index (χ3v) is 6.04. The van der Waals surface area contributed by atoms with Crippen LogP contribution < -0.4 is 9.64 Å². The van der Waals surface area contributed by atoms with Crippen LogP contribution in [0.5, 0.6) is 5.75 Å². The molecule has 0 N–H and O–H groups in total. The number of thiocarbonyl (C=S) groups is 1. The second-order valence-corrected chi connectivity index (χ2v) is 8.51. The van der Waals surface area contributed by atoms with Crippen molar-refractivity contribution in [2.75, 3.05) is 31.6 Å². The molecule has 8 heteroatoms. The van der Waals surface area contributed by atoms with Crippen LogP contribution in [0.25, 0.3) is 0 Å². The van der Waals surface area contributed by atoms with Crippen LogP contribution in [0, 0.1) is 0 Å². The Morgan fingerprint density at radius 3 is 2.65 bits per heavy atom. The number of aromatic nitrogens is 2. The molecule has 5 nitrogen and oxygen atoms in total. The van der Waals surface area contributed by atoms with Gasteiger partial charge in [0.05, 0.1) is 18.6 Å². The fourth-order valence-corrected chi connectivity index (χ4v) is 4.32. The Hall–Kier alpha value is -2.34. The predicted molar refractivity (Wildman–Crippen MR) is 129 cm³/mol. The first-order valence-corrected chi connectivity index (χ1v) is 11.1. The minimum atomic E-state index is -0.301. The Kier molecular flexibility index (Phi) is 6.96. The van der Waals surface area contributed by atoms with Crippen molar-refractivity contribution in [2.45, 2.75) is 12.6 Å². The number of halogens is 2. The second-order valence-electron chi connectivity index (χ2n) is 7.46. The van der Waals surface area contributed by atoms with E-state index in [-0.39, 0.29) is 6.10 Å². The predicted octanol–water partition coefficient (Wildman–Crippen LogP) is 5.24. The average molecular weight is 473 g/mol. The molecule has 2 aromatic carbocycles. The van der Waals surface area contributed by atoms with Gasteiger partial charge in [-0.15, -0.1) is 0 Å². The molecule has 1 aromatic heterocycles. The molecular formula is C23H22Cl2N4OS. The van der Waals surface area contributed by atoms with Crippen molar-refractivity contribution < 1.29 is 4.74 Å². The largest absolute Gasteiger partial charge is 0.484 e. The van der Waals surface area contributed by atoms with Gasteiger partial charge in [0.15, 0.2) is 0 Å². The summed E-state index contributed by atoms with van der Waals surface area (Å²) in [5, 5.41) is 4.07. The zero-order valence-electron chi connectivity index (χ0n) is 17.0. The minimum Gasteiger partial charge on any atom is -0.484 e. The highest BCUT2D eigenvalue weighted by atomic mass is 35.5. The van der Waals surface area contributed by atoms with Gasteiger partial charge in [0, 0.05) is 53.3 Å². The normalized spacial score (nSPS) is 15.6. The van der Waals surface area contributed by atoms with Crippen LogP contribution in [0.1, 0.15) is 11.7 Å². The fourth-order valence-electron chi connectivity index (χ4n) is 3.61. The van der Waals surface area contributed by atoms with E-state index in [2.05, 4.69) is 26.9 Å². The average Bonchev–Trinajstić information content (AvgIpc) is 3.27. The van der Waals surface area contributed by atoms with E-state index in [4.69, 9.17) is 40.2 Å². The van der Waals surface area contributed by atoms with Crippen LogP contribution in [-0.4, -0.2) is 46.2 Å². The van der Waals surface area contributed by atoms with Crippen LogP contribution in [0.15, 0.2) is 66.9 Å². The number of likely N-dealkylation sites (N-methyl/N-ethyl adjacent to an activating group) is 1. The van der Waals surface area contributed by atoms with Crippen molar-refractivity contribution >= 4 is 46.1 Å². The molecule has 0 radical (unpaired) electrons. The Morgan fingerprint density at radius 1 is 1.16 bits per heavy atom. The maximum absolute atomic E-state index is 6.48. The number of imidazole rings is 1. The summed E-state index contributed by atoms with van der Waals surface area (Å²) in [6.07, 6.45) is 5.10. The number of benzene rings is 2. The summed E-state index contributed by atoms with van der Waals surface area (Å²) >= 11 is 17.7. The summed E-state index contributed by atoms with van der Waals surface area (Å²) < 4.78 is 8.32. The molecule has 2 heterocycles. The van der Waals surface area contributed by atoms with E-state index in [1.54, 1.807) is 18.6 Å². The van der Waals surface area contributed by atoms with Gasteiger partial charge in [0.1, 0.15) is 11.9 Å². The monoisotopic (exact) mass is 472 g/mol. The highest BCUT2D eigenvalue weighted by Gasteiger charge is 2.21. The van der Waals surface area contributed by atoms with Crippen LogP contribution >= 0.6 is 35.4 Å². The van der Waals surface area contributed by atoms with Crippen LogP contribution in [0.4, 0.5) is 5.69 Å². The van der Waals surface area contributed by atoms with Gasteiger partial charge < -0.3 is 14.2 Å². The molecule has 3 aromatic rings. The van der Waals surface area contributed by atoms with E-state index >= 15 is 0 Å². The quantitative estimate of drug-likeness (QED) is 0.457. The van der Waals surface area contributed by atoms with E-state index in [9.17, 15) is 0 Å². The number of hydrogen-bond acceptors (Lipinski definition) is 5. The van der Waals surface area contributed by atoms with E-state index in [1.807, 2.05) is 47.2 Å². The summed E-state index contributed by atoms with van der Waals surface area (Å²) in [5.41, 5.74) is 2.95. The highest BCUT2D eigenvalue weighted by molar-refractivity contribution is 7.78. The highest BCUT2D eigenvalue weighted by Crippen LogP contribution is 2.32. The van der Waals surface area contributed by atoms with Gasteiger partial charge in [0.2, 0.25) is 0 Å². The van der Waals surface area contributed by atoms with Crippen molar-refractivity contribution in [2.24, 2.45) is 0 Å². The Bertz CT molecular complexity index is 1080. The van der Waals surface area contributed by atoms with E-state index in [1.165, 1.54) is 0 Å². The molecule has 1 unspecified atom stereocenters. The summed E-state index contributed by atoms with van der Waals surface area (Å²) in [6.45, 7) is 3.21. The molecule has 1 aliphatic heterocycles. The Balaban J connectivity index is 1.56. The van der Waals surface area contributed by atoms with Crippen molar-refractivity contribution in [1.29, 1.82) is 0 Å². The molecule has 0 saturated carbocycles. The molecule has 160 valence electrons. The molecule has 31 heavy (non-hydrogen) atoms. The lowest BCUT2D eigenvalue weighted by Gasteiger charge is -2.35. The van der Waals surface area contributed by atoms with Crippen molar-refractivity contribution in [3.8, 4) is 5.75 Å². The molecule has 0 bridgehead atoms. The maximum atomic E-state index is 6.48. The van der Waals surface area contributed by atoms with Gasteiger partial charge in [-0.2, -0.15) is 0 Å². The molecule has 0 aliphatic carbocycles. The molecule has 1 saturated heterocycles. The van der Waals surface area contributed by atoms with Crippen LogP contribution in [0.2, 0.25) is 10.0 Å². The number of rotatable bonds is 6. The third-order valence-electron chi connectivity index (χ3n) is 5.24. The number of nitrogens with zero attached hydrogens (tertiary/aromatic N) is 4. The SMILES string of the molecule is CN1CCN(c2ccc(OC(Cn3ccnc3)c3ccc(Cl)cc3Cl)cc2)C(=C=S)C1. The summed E-state index contributed by atoms with van der Waals surface area (Å²) in [6, 6.07) is 13.5. The first-order valence-electron chi connectivity index (χ1n) is 9.91. The summed E-state index contributed by atoms with van der Waals surface area (Å²) in [7, 11) is 2.09. The van der Waals surface area contributed by atoms with Crippen molar-refractivity contribution in [3.63, 3.8) is 0 Å². The van der Waals surface area contributed by atoms with Gasteiger partial charge in [-0.25, -0.2) is 4.98 Å². The number of piperazine rings is 1. The maximum Gasteiger partial charge on any atom is 0.143 e. The minimum absolute atomic E-state index is 0.301. The third kappa shape index (κ3) is 5.29. The van der Waals surface area contributed by atoms with Gasteiger partial charge in [-0.05, 0) is 60.7 Å². The van der Waals surface area contributed by atoms with Gasteiger partial charge >= 0.3 is 0 Å². The zero-order valence-corrected chi connectivity index (χ0v) is 19.4. The first kappa shape index (κ1) is 21.9. The van der Waals surface area contributed by atoms with Gasteiger partial charge in [-0.3, -0.25) is 4.90 Å². The Labute approximate surface area is 197 Å². The lowest BCUT2D eigenvalue weighted by atomic mass is 10.1. The van der Waals surface area contributed by atoms with E-state index in [0.717, 1.165) is 42.3 Å². The van der Waals surface area contributed by atoms with E-state index < -0.39 is 0 Å². The number of ether oxygens (including phenoxy) is 1. The molecule has 0 spiro atoms. The van der Waals surface area contributed by atoms with Gasteiger partial charge in [0.25, 0.3) is 0 Å². The van der Waals surface area contributed by atoms with Crippen molar-refractivity contribution in [3.05, 3.63) is 82.5 Å². The molecule has 4 rings (SSSR count). The lowest BCUT2D eigenvalue weighted by molar-refractivity contribution is 0.183. The van der Waals surface area contributed by atoms with Crippen molar-refractivity contribution in [1.82, 2.24) is 14.5 Å². The number of anilines is 1. The van der Waals surface area contributed by atoms with Crippen LogP contribution in [-0.2, 0) is 6.54 Å². The molecule has 1 fully saturated rings. The van der Waals surface area contributed by atoms with Gasteiger partial charge in [-0.1, -0.05) is 29.3 Å². The molecular weight excluding hydrogens is 451 g/mol. The summed E-state index contributed by atoms with van der Waals surface area (Å²) in [5.74, 6) is 0.752. The smallest absolute Gasteiger partial charge is 0.143 e. The first-order chi connectivity index (χ1) is 15.0. The molecule has 0 amide bonds. The topological polar surface area (TPSA) is 33.5 Å². The van der Waals surface area contributed by atoms with E-state index in [0.29, 0.717) is 16.6 Å². The summed E-state index contributed by atoms with van der Waals surface area (Å²) in [4.78, 5) is 8.56. The Morgan fingerprint density at radius 2 is 1.97 bits per heavy atom. The lowest BCUT2D eigenvalue weighted by Crippen LogP contribution is -2.43. The standard InChI is InChI=1S/C23H22Cl2N4OS/c1-27-10-11-29(19(13-27)15-31)18-3-5-20(6-4-18)30-23(14-28-9-8-26-16-28)21-7-2-17(24)12-22(21)25/h2-9,12,16,23H,10-11,13-14H2,1H3.